The molecular formula is C11H22N2O2. The van der Waals surface area contributed by atoms with Crippen molar-refractivity contribution in [3.8, 4) is 0 Å². The van der Waals surface area contributed by atoms with Crippen molar-refractivity contribution in [3.05, 3.63) is 0 Å². The van der Waals surface area contributed by atoms with Gasteiger partial charge in [0.1, 0.15) is 5.60 Å². The maximum Gasteiger partial charge on any atom is 0.410 e. The summed E-state index contributed by atoms with van der Waals surface area (Å²) >= 11 is 0. The predicted octanol–water partition coefficient (Wildman–Crippen LogP) is 1.46. The van der Waals surface area contributed by atoms with Crippen LogP contribution in [0.4, 0.5) is 4.79 Å². The minimum Gasteiger partial charge on any atom is -0.444 e. The molecule has 0 bridgehead atoms. The third-order valence-corrected chi connectivity index (χ3v) is 2.38. The Morgan fingerprint density at radius 1 is 1.47 bits per heavy atom. The normalized spacial score (nSPS) is 17.1. The Morgan fingerprint density at radius 2 is 2.07 bits per heavy atom. The lowest BCUT2D eigenvalue weighted by molar-refractivity contribution is 0.0214. The summed E-state index contributed by atoms with van der Waals surface area (Å²) in [5.74, 6) is 0.595. The van der Waals surface area contributed by atoms with Gasteiger partial charge in [-0.2, -0.15) is 0 Å². The maximum absolute atomic E-state index is 11.7. The first-order valence-electron chi connectivity index (χ1n) is 5.61. The van der Waals surface area contributed by atoms with Crippen LogP contribution in [0.3, 0.4) is 0 Å². The molecule has 0 spiro atoms. The van der Waals surface area contributed by atoms with Gasteiger partial charge < -0.3 is 15.0 Å². The van der Waals surface area contributed by atoms with Crippen LogP contribution in [0.1, 0.15) is 27.7 Å². The lowest BCUT2D eigenvalue weighted by Crippen LogP contribution is -2.50. The van der Waals surface area contributed by atoms with E-state index in [1.807, 2.05) is 27.7 Å². The molecule has 1 fully saturated rings. The van der Waals surface area contributed by atoms with Crippen LogP contribution in [0.15, 0.2) is 0 Å². The predicted molar refractivity (Wildman–Crippen MR) is 59.8 cm³/mol. The number of hydrogen-bond donors (Lipinski definition) is 1. The molecule has 15 heavy (non-hydrogen) atoms. The van der Waals surface area contributed by atoms with Crippen LogP contribution in [-0.2, 0) is 4.74 Å². The van der Waals surface area contributed by atoms with E-state index in [9.17, 15) is 4.79 Å². The zero-order valence-corrected chi connectivity index (χ0v) is 10.2. The van der Waals surface area contributed by atoms with Gasteiger partial charge in [0.05, 0.1) is 0 Å². The number of hydrogen-bond acceptors (Lipinski definition) is 3. The number of carbonyl (C=O) groups excluding carboxylic acids is 1. The number of carbonyl (C=O) groups is 1. The van der Waals surface area contributed by atoms with Crippen molar-refractivity contribution in [3.63, 3.8) is 0 Å². The highest BCUT2D eigenvalue weighted by Gasteiger charge is 2.25. The molecule has 0 aromatic rings. The Labute approximate surface area is 92.0 Å². The van der Waals surface area contributed by atoms with Crippen LogP contribution in [-0.4, -0.2) is 42.8 Å². The molecule has 0 aromatic carbocycles. The Kier molecular flexibility index (Phi) is 3.97. The quantitative estimate of drug-likeness (QED) is 0.773. The van der Waals surface area contributed by atoms with Gasteiger partial charge in [-0.1, -0.05) is 0 Å². The van der Waals surface area contributed by atoms with Crippen LogP contribution in [0, 0.1) is 5.92 Å². The summed E-state index contributed by atoms with van der Waals surface area (Å²) in [5.41, 5.74) is -0.400. The third-order valence-electron chi connectivity index (χ3n) is 2.38. The highest BCUT2D eigenvalue weighted by Crippen LogP contribution is 2.12. The van der Waals surface area contributed by atoms with Crippen LogP contribution in [0.2, 0.25) is 0 Å². The van der Waals surface area contributed by atoms with Crippen LogP contribution < -0.4 is 5.32 Å². The first-order chi connectivity index (χ1) is 6.92. The van der Waals surface area contributed by atoms with Gasteiger partial charge in [-0.25, -0.2) is 4.79 Å². The van der Waals surface area contributed by atoms with E-state index in [4.69, 9.17) is 4.74 Å². The van der Waals surface area contributed by atoms with E-state index >= 15 is 0 Å². The van der Waals surface area contributed by atoms with Crippen molar-refractivity contribution in [2.45, 2.75) is 33.3 Å². The number of nitrogens with zero attached hydrogens (tertiary/aromatic N) is 1. The van der Waals surface area contributed by atoms with Gasteiger partial charge in [0.2, 0.25) is 0 Å². The third kappa shape index (κ3) is 4.08. The van der Waals surface area contributed by atoms with E-state index in [0.29, 0.717) is 12.5 Å². The highest BCUT2D eigenvalue weighted by atomic mass is 16.6. The molecular weight excluding hydrogens is 192 g/mol. The molecule has 0 radical (unpaired) electrons. The average Bonchev–Trinajstić information content (AvgIpc) is 1.98. The zero-order valence-electron chi connectivity index (χ0n) is 10.2. The van der Waals surface area contributed by atoms with E-state index in [-0.39, 0.29) is 6.09 Å². The monoisotopic (exact) mass is 214 g/mol. The summed E-state index contributed by atoms with van der Waals surface area (Å²) in [6, 6.07) is 0. The van der Waals surface area contributed by atoms with Crippen molar-refractivity contribution in [2.75, 3.05) is 26.2 Å². The average molecular weight is 214 g/mol. The molecule has 4 heteroatoms. The molecule has 0 unspecified atom stereocenters. The lowest BCUT2D eigenvalue weighted by Gasteiger charge is -2.33. The van der Waals surface area contributed by atoms with Crippen molar-refractivity contribution in [1.82, 2.24) is 10.2 Å². The molecule has 1 rings (SSSR count). The second-order valence-electron chi connectivity index (χ2n) is 5.04. The Hall–Kier alpha value is -0.770. The number of ether oxygens (including phenoxy) is 1. The van der Waals surface area contributed by atoms with Gasteiger partial charge in [-0.15, -0.1) is 0 Å². The van der Waals surface area contributed by atoms with E-state index in [2.05, 4.69) is 5.32 Å². The SMILES string of the molecule is CCN(CC1CNC1)C(=O)OC(C)(C)C. The Balaban J connectivity index is 2.39. The zero-order chi connectivity index (χ0) is 11.5. The first kappa shape index (κ1) is 12.3. The van der Waals surface area contributed by atoms with Gasteiger partial charge >= 0.3 is 6.09 Å². The molecule has 0 aromatic heterocycles. The standard InChI is InChI=1S/C11H22N2O2/c1-5-13(8-9-6-12-7-9)10(14)15-11(2,3)4/h9,12H,5-8H2,1-4H3. The minimum absolute atomic E-state index is 0.197. The molecule has 1 aliphatic rings. The summed E-state index contributed by atoms with van der Waals surface area (Å²) in [6.07, 6.45) is -0.197. The molecule has 1 heterocycles. The van der Waals surface area contributed by atoms with Gasteiger partial charge in [0.15, 0.2) is 0 Å². The second kappa shape index (κ2) is 4.84. The van der Waals surface area contributed by atoms with Gasteiger partial charge in [0, 0.05) is 32.1 Å². The number of nitrogens with one attached hydrogen (secondary N) is 1. The van der Waals surface area contributed by atoms with Crippen molar-refractivity contribution in [2.24, 2.45) is 5.92 Å². The minimum atomic E-state index is -0.400. The van der Waals surface area contributed by atoms with Crippen molar-refractivity contribution >= 4 is 6.09 Å². The summed E-state index contributed by atoms with van der Waals surface area (Å²) in [6.45, 7) is 11.2. The Morgan fingerprint density at radius 3 is 2.40 bits per heavy atom. The van der Waals surface area contributed by atoms with E-state index in [1.165, 1.54) is 0 Å². The van der Waals surface area contributed by atoms with E-state index < -0.39 is 5.60 Å². The fraction of sp³-hybridized carbons (Fsp3) is 0.909. The molecule has 0 saturated carbocycles. The highest BCUT2D eigenvalue weighted by molar-refractivity contribution is 5.68. The molecule has 4 nitrogen and oxygen atoms in total. The number of amides is 1. The molecule has 1 amide bonds. The molecule has 0 aliphatic carbocycles. The summed E-state index contributed by atoms with van der Waals surface area (Å²) in [7, 11) is 0. The summed E-state index contributed by atoms with van der Waals surface area (Å²) < 4.78 is 5.33. The molecule has 88 valence electrons. The van der Waals surface area contributed by atoms with Gasteiger partial charge in [0.25, 0.3) is 0 Å². The summed E-state index contributed by atoms with van der Waals surface area (Å²) in [5, 5.41) is 3.20. The van der Waals surface area contributed by atoms with Crippen LogP contribution in [0.25, 0.3) is 0 Å². The van der Waals surface area contributed by atoms with Gasteiger partial charge in [-0.05, 0) is 27.7 Å². The van der Waals surface area contributed by atoms with Crippen LogP contribution in [0.5, 0.6) is 0 Å². The topological polar surface area (TPSA) is 41.6 Å². The Bertz CT molecular complexity index is 219. The largest absolute Gasteiger partial charge is 0.444 e. The second-order valence-corrected chi connectivity index (χ2v) is 5.04. The van der Waals surface area contributed by atoms with Crippen LogP contribution >= 0.6 is 0 Å². The summed E-state index contributed by atoms with van der Waals surface area (Å²) in [4.78, 5) is 13.5. The van der Waals surface area contributed by atoms with Gasteiger partial charge in [-0.3, -0.25) is 0 Å². The molecule has 1 saturated heterocycles. The molecule has 1 aliphatic heterocycles. The van der Waals surface area contributed by atoms with Crippen molar-refractivity contribution < 1.29 is 9.53 Å². The number of rotatable bonds is 3. The lowest BCUT2D eigenvalue weighted by atomic mass is 10.0. The smallest absolute Gasteiger partial charge is 0.410 e. The van der Waals surface area contributed by atoms with E-state index in [0.717, 1.165) is 19.6 Å². The fourth-order valence-corrected chi connectivity index (χ4v) is 1.45. The molecule has 1 N–H and O–H groups in total. The molecule has 0 atom stereocenters. The van der Waals surface area contributed by atoms with E-state index in [1.54, 1.807) is 4.90 Å². The fourth-order valence-electron chi connectivity index (χ4n) is 1.45. The first-order valence-corrected chi connectivity index (χ1v) is 5.61. The maximum atomic E-state index is 11.7. The van der Waals surface area contributed by atoms with Crippen molar-refractivity contribution in [1.29, 1.82) is 0 Å².